The maximum absolute atomic E-state index is 15.1. The second-order valence-electron chi connectivity index (χ2n) is 16.0. The summed E-state index contributed by atoms with van der Waals surface area (Å²) in [4.78, 5) is 11.7. The van der Waals surface area contributed by atoms with Crippen LogP contribution in [0.4, 0.5) is 17.6 Å². The fourth-order valence-electron chi connectivity index (χ4n) is 8.41. The molecule has 0 bridgehead atoms. The smallest absolute Gasteiger partial charge is 0.201 e. The number of halogens is 4. The number of ether oxygens (including phenoxy) is 2. The Balaban J connectivity index is 0.000000221. The molecule has 0 heterocycles. The van der Waals surface area contributed by atoms with E-state index in [1.807, 2.05) is 62.4 Å². The van der Waals surface area contributed by atoms with Crippen molar-refractivity contribution in [2.45, 2.75) is 116 Å². The molecule has 0 spiro atoms. The van der Waals surface area contributed by atoms with Crippen LogP contribution in [-0.4, -0.2) is 6.29 Å². The SMILES string of the molecule is C=CC(Oc1c(C=O)cc(C2CCC(CC)CC2)c(F)c1F)c1ccc(C)cc1.C=Cc1cc(C2CCC(CC)CC2)c(F)c(F)c1OC(C=C)c1ccc(C)cc1. The van der Waals surface area contributed by atoms with Gasteiger partial charge in [0.15, 0.2) is 29.4 Å². The molecule has 7 heteroatoms. The number of aryl methyl sites for hydroxylation is 2. The zero-order valence-corrected chi connectivity index (χ0v) is 34.5. The minimum atomic E-state index is -1.10. The molecule has 0 radical (unpaired) electrons. The quantitative estimate of drug-likeness (QED) is 0.0724. The minimum Gasteiger partial charge on any atom is -0.478 e. The molecule has 2 aliphatic carbocycles. The Bertz CT molecular complexity index is 1870. The van der Waals surface area contributed by atoms with Gasteiger partial charge in [-0.25, -0.2) is 8.78 Å². The van der Waals surface area contributed by atoms with Crippen molar-refractivity contribution in [3.8, 4) is 11.5 Å². The number of benzene rings is 4. The molecule has 2 saturated carbocycles. The predicted molar refractivity (Wildman–Crippen MR) is 228 cm³/mol. The molecule has 3 nitrogen and oxygen atoms in total. The first kappa shape index (κ1) is 44.2. The molecule has 2 fully saturated rings. The molecule has 0 N–H and O–H groups in total. The topological polar surface area (TPSA) is 35.5 Å². The van der Waals surface area contributed by atoms with Gasteiger partial charge < -0.3 is 9.47 Å². The highest BCUT2D eigenvalue weighted by Gasteiger charge is 2.30. The fourth-order valence-corrected chi connectivity index (χ4v) is 8.41. The predicted octanol–water partition coefficient (Wildman–Crippen LogP) is 15.0. The van der Waals surface area contributed by atoms with Gasteiger partial charge in [-0.3, -0.25) is 4.79 Å². The molecular formula is C51H58F4O3. The summed E-state index contributed by atoms with van der Waals surface area (Å²) in [6.07, 6.45) is 13.7. The molecule has 308 valence electrons. The molecule has 0 saturated heterocycles. The van der Waals surface area contributed by atoms with Crippen LogP contribution in [0.5, 0.6) is 11.5 Å². The van der Waals surface area contributed by atoms with Gasteiger partial charge >= 0.3 is 0 Å². The van der Waals surface area contributed by atoms with Crippen molar-refractivity contribution in [1.29, 1.82) is 0 Å². The lowest BCUT2D eigenvalue weighted by Gasteiger charge is -2.29. The van der Waals surface area contributed by atoms with Crippen molar-refractivity contribution in [3.63, 3.8) is 0 Å². The fraction of sp³-hybridized carbons (Fsp3) is 0.392. The number of rotatable bonds is 14. The van der Waals surface area contributed by atoms with E-state index in [4.69, 9.17) is 9.47 Å². The lowest BCUT2D eigenvalue weighted by atomic mass is 9.77. The summed E-state index contributed by atoms with van der Waals surface area (Å²) >= 11 is 0. The second kappa shape index (κ2) is 20.7. The summed E-state index contributed by atoms with van der Waals surface area (Å²) in [5, 5.41) is 0. The van der Waals surface area contributed by atoms with Gasteiger partial charge in [0.05, 0.1) is 5.56 Å². The summed E-state index contributed by atoms with van der Waals surface area (Å²) in [5.41, 5.74) is 5.03. The van der Waals surface area contributed by atoms with E-state index >= 15 is 8.78 Å². The van der Waals surface area contributed by atoms with Crippen LogP contribution in [0.2, 0.25) is 0 Å². The first-order valence-electron chi connectivity index (χ1n) is 20.8. The van der Waals surface area contributed by atoms with E-state index in [1.54, 1.807) is 12.1 Å². The normalized spacial score (nSPS) is 20.1. The van der Waals surface area contributed by atoms with Crippen LogP contribution in [0.15, 0.2) is 92.6 Å². The second-order valence-corrected chi connectivity index (χ2v) is 16.0. The minimum absolute atomic E-state index is 0.0375. The standard InChI is InChI=1S/C26H30F2O.C25H28F2O2/c1-5-18-10-14-20(15-11-18)22-16-19(6-2)26(25(28)24(22)27)29-23(7-3)21-12-8-17(4)9-13-21;1-4-17-8-12-18(13-9-17)21-14-20(15-28)25(24(27)23(21)26)29-22(5-2)19-10-6-16(3)7-11-19/h6-9,12-13,16,18,20,23H,2-3,5,10-11,14-15H2,1,4H3;5-7,10-11,14-15,17-18,22H,2,4,8-9,12-13H2,1,3H3. The third kappa shape index (κ3) is 10.4. The summed E-state index contributed by atoms with van der Waals surface area (Å²) in [5.74, 6) is -2.86. The van der Waals surface area contributed by atoms with E-state index in [1.165, 1.54) is 18.2 Å². The van der Waals surface area contributed by atoms with Crippen LogP contribution < -0.4 is 9.47 Å². The van der Waals surface area contributed by atoms with Crippen LogP contribution in [0.1, 0.15) is 151 Å². The van der Waals surface area contributed by atoms with Crippen molar-refractivity contribution < 1.29 is 31.8 Å². The highest BCUT2D eigenvalue weighted by Crippen LogP contribution is 2.43. The third-order valence-corrected chi connectivity index (χ3v) is 12.2. The molecule has 2 unspecified atom stereocenters. The monoisotopic (exact) mass is 794 g/mol. The zero-order valence-electron chi connectivity index (χ0n) is 34.5. The van der Waals surface area contributed by atoms with E-state index in [0.717, 1.165) is 86.5 Å². The molecule has 4 aromatic carbocycles. The van der Waals surface area contributed by atoms with E-state index in [-0.39, 0.29) is 34.5 Å². The average molecular weight is 795 g/mol. The summed E-state index contributed by atoms with van der Waals surface area (Å²) in [6.45, 7) is 19.6. The number of carbonyl (C=O) groups excluding carboxylic acids is 1. The largest absolute Gasteiger partial charge is 0.478 e. The van der Waals surface area contributed by atoms with E-state index in [2.05, 4.69) is 33.6 Å². The summed E-state index contributed by atoms with van der Waals surface area (Å²) < 4.78 is 71.7. The van der Waals surface area contributed by atoms with Crippen molar-refractivity contribution in [3.05, 3.63) is 160 Å². The number of hydrogen-bond acceptors (Lipinski definition) is 3. The van der Waals surface area contributed by atoms with Gasteiger partial charge in [-0.05, 0) is 135 Å². The Labute approximate surface area is 342 Å². The average Bonchev–Trinajstić information content (AvgIpc) is 3.26. The zero-order chi connectivity index (χ0) is 41.9. The van der Waals surface area contributed by atoms with Gasteiger partial charge in [-0.15, -0.1) is 0 Å². The van der Waals surface area contributed by atoms with E-state index in [0.29, 0.717) is 29.2 Å². The molecule has 0 amide bonds. The maximum atomic E-state index is 15.1. The first-order valence-corrected chi connectivity index (χ1v) is 20.8. The van der Waals surface area contributed by atoms with Crippen LogP contribution in [0.25, 0.3) is 6.08 Å². The Hall–Kier alpha value is -4.91. The Morgan fingerprint density at radius 2 is 0.948 bits per heavy atom. The molecule has 0 aliphatic heterocycles. The lowest BCUT2D eigenvalue weighted by molar-refractivity contribution is 0.111. The van der Waals surface area contributed by atoms with E-state index in [9.17, 15) is 13.6 Å². The highest BCUT2D eigenvalue weighted by molar-refractivity contribution is 5.80. The van der Waals surface area contributed by atoms with Gasteiger partial charge in [0.25, 0.3) is 0 Å². The van der Waals surface area contributed by atoms with Gasteiger partial charge in [0, 0.05) is 5.56 Å². The molecule has 6 rings (SSSR count). The van der Waals surface area contributed by atoms with Crippen molar-refractivity contribution in [2.24, 2.45) is 11.8 Å². The third-order valence-electron chi connectivity index (χ3n) is 12.2. The first-order chi connectivity index (χ1) is 28.0. The van der Waals surface area contributed by atoms with Crippen molar-refractivity contribution in [1.82, 2.24) is 0 Å². The molecular weight excluding hydrogens is 737 g/mol. The molecule has 0 aromatic heterocycles. The van der Waals surface area contributed by atoms with Crippen LogP contribution >= 0.6 is 0 Å². The molecule has 58 heavy (non-hydrogen) atoms. The van der Waals surface area contributed by atoms with E-state index < -0.39 is 35.5 Å². The van der Waals surface area contributed by atoms with Crippen LogP contribution in [0, 0.1) is 49.0 Å². The Morgan fingerprint density at radius 1 is 0.586 bits per heavy atom. The summed E-state index contributed by atoms with van der Waals surface area (Å²) in [7, 11) is 0. The van der Waals surface area contributed by atoms with Gasteiger partial charge in [0.2, 0.25) is 11.6 Å². The van der Waals surface area contributed by atoms with Gasteiger partial charge in [-0.2, -0.15) is 8.78 Å². The number of hydrogen-bond donors (Lipinski definition) is 0. The van der Waals surface area contributed by atoms with Crippen LogP contribution in [-0.2, 0) is 0 Å². The van der Waals surface area contributed by atoms with Crippen molar-refractivity contribution in [2.75, 3.05) is 0 Å². The maximum Gasteiger partial charge on any atom is 0.201 e. The van der Waals surface area contributed by atoms with Crippen LogP contribution in [0.3, 0.4) is 0 Å². The van der Waals surface area contributed by atoms with Gasteiger partial charge in [0.1, 0.15) is 12.2 Å². The number of aldehydes is 1. The lowest BCUT2D eigenvalue weighted by Crippen LogP contribution is -2.16. The van der Waals surface area contributed by atoms with Gasteiger partial charge in [-0.1, -0.05) is 112 Å². The van der Waals surface area contributed by atoms with Crippen molar-refractivity contribution >= 4 is 12.4 Å². The summed E-state index contributed by atoms with van der Waals surface area (Å²) in [6, 6.07) is 18.4. The molecule has 4 aromatic rings. The highest BCUT2D eigenvalue weighted by atomic mass is 19.2. The number of carbonyl (C=O) groups is 1. The Morgan fingerprint density at radius 3 is 1.28 bits per heavy atom. The molecule has 2 atom stereocenters. The molecule has 2 aliphatic rings. The Kier molecular flexibility index (Phi) is 15.8.